The molecule has 7 heteroatoms. The number of pyridine rings is 1. The second-order valence-corrected chi connectivity index (χ2v) is 6.64. The molecule has 0 aliphatic rings. The highest BCUT2D eigenvalue weighted by molar-refractivity contribution is 6.30. The van der Waals surface area contributed by atoms with Gasteiger partial charge in [-0.1, -0.05) is 11.6 Å². The lowest BCUT2D eigenvalue weighted by Crippen LogP contribution is -2.35. The number of nitrogens with zero attached hydrogens (tertiary/aromatic N) is 1. The first kappa shape index (κ1) is 19.6. The van der Waals surface area contributed by atoms with E-state index in [2.05, 4.69) is 15.6 Å². The zero-order valence-corrected chi connectivity index (χ0v) is 16.3. The van der Waals surface area contributed by atoms with Crippen molar-refractivity contribution in [1.82, 2.24) is 15.6 Å². The average Bonchev–Trinajstić information content (AvgIpc) is 2.70. The normalized spacial score (nSPS) is 10.5. The van der Waals surface area contributed by atoms with Gasteiger partial charge in [0.2, 0.25) is 0 Å². The van der Waals surface area contributed by atoms with Gasteiger partial charge >= 0.3 is 0 Å². The summed E-state index contributed by atoms with van der Waals surface area (Å²) in [5, 5.41) is 6.98. The van der Waals surface area contributed by atoms with E-state index in [0.29, 0.717) is 40.7 Å². The minimum atomic E-state index is -0.233. The molecule has 0 radical (unpaired) electrons. The van der Waals surface area contributed by atoms with Crippen molar-refractivity contribution in [3.63, 3.8) is 0 Å². The van der Waals surface area contributed by atoms with E-state index in [-0.39, 0.29) is 11.8 Å². The van der Waals surface area contributed by atoms with Crippen LogP contribution in [0.15, 0.2) is 48.5 Å². The molecule has 0 aliphatic heterocycles. The summed E-state index contributed by atoms with van der Waals surface area (Å²) in [4.78, 5) is 29.0. The van der Waals surface area contributed by atoms with Gasteiger partial charge in [0.1, 0.15) is 5.75 Å². The highest BCUT2D eigenvalue weighted by Gasteiger charge is 2.12. The Bertz CT molecular complexity index is 1020. The molecule has 6 nitrogen and oxygen atoms in total. The van der Waals surface area contributed by atoms with Crippen LogP contribution in [0.2, 0.25) is 5.02 Å². The van der Waals surface area contributed by atoms with Crippen LogP contribution in [-0.2, 0) is 0 Å². The van der Waals surface area contributed by atoms with E-state index >= 15 is 0 Å². The minimum absolute atomic E-state index is 0.219. The van der Waals surface area contributed by atoms with E-state index in [9.17, 15) is 9.59 Å². The molecular formula is C21H20ClN3O3. The number of carbonyl (C=O) groups is 2. The van der Waals surface area contributed by atoms with Gasteiger partial charge in [-0.2, -0.15) is 0 Å². The fraction of sp³-hybridized carbons (Fsp3) is 0.190. The van der Waals surface area contributed by atoms with Gasteiger partial charge in [0, 0.05) is 35.1 Å². The summed E-state index contributed by atoms with van der Waals surface area (Å²) in [7, 11) is 1.60. The molecule has 1 heterocycles. The molecule has 144 valence electrons. The number of carbonyl (C=O) groups excluding carboxylic acids is 2. The van der Waals surface area contributed by atoms with Gasteiger partial charge in [-0.3, -0.25) is 14.6 Å². The van der Waals surface area contributed by atoms with Crippen LogP contribution in [0.25, 0.3) is 10.9 Å². The number of rotatable bonds is 6. The smallest absolute Gasteiger partial charge is 0.253 e. The molecule has 1 aromatic heterocycles. The molecular weight excluding hydrogens is 378 g/mol. The summed E-state index contributed by atoms with van der Waals surface area (Å²) < 4.78 is 5.20. The molecule has 0 fully saturated rings. The van der Waals surface area contributed by atoms with Gasteiger partial charge in [0.05, 0.1) is 23.9 Å². The molecule has 28 heavy (non-hydrogen) atoms. The number of hydrogen-bond donors (Lipinski definition) is 2. The van der Waals surface area contributed by atoms with Crippen molar-refractivity contribution in [2.24, 2.45) is 0 Å². The van der Waals surface area contributed by atoms with E-state index in [1.807, 2.05) is 18.2 Å². The monoisotopic (exact) mass is 397 g/mol. The summed E-state index contributed by atoms with van der Waals surface area (Å²) in [6.07, 6.45) is 0. The van der Waals surface area contributed by atoms with Crippen LogP contribution in [0.5, 0.6) is 5.75 Å². The van der Waals surface area contributed by atoms with Crippen LogP contribution in [-0.4, -0.2) is 37.0 Å². The van der Waals surface area contributed by atoms with Crippen molar-refractivity contribution in [3.8, 4) is 5.75 Å². The van der Waals surface area contributed by atoms with Crippen LogP contribution in [0, 0.1) is 6.92 Å². The Morgan fingerprint density at radius 3 is 2.36 bits per heavy atom. The lowest BCUT2D eigenvalue weighted by Gasteiger charge is -2.10. The highest BCUT2D eigenvalue weighted by atomic mass is 35.5. The Kier molecular flexibility index (Phi) is 6.11. The number of hydrogen-bond acceptors (Lipinski definition) is 4. The summed E-state index contributed by atoms with van der Waals surface area (Å²) >= 11 is 5.81. The third kappa shape index (κ3) is 4.58. The zero-order chi connectivity index (χ0) is 20.1. The fourth-order valence-electron chi connectivity index (χ4n) is 2.75. The molecule has 2 amide bonds. The van der Waals surface area contributed by atoms with Crippen LogP contribution in [0.1, 0.15) is 26.4 Å². The first-order valence-electron chi connectivity index (χ1n) is 8.75. The van der Waals surface area contributed by atoms with Crippen LogP contribution >= 0.6 is 11.6 Å². The largest absolute Gasteiger partial charge is 0.497 e. The second kappa shape index (κ2) is 8.71. The van der Waals surface area contributed by atoms with Gasteiger partial charge in [-0.05, 0) is 49.4 Å². The SMILES string of the molecule is COc1ccc2cc(C(=O)NCCNC(=O)c3ccc(Cl)cc3)c(C)nc2c1. The number of halogens is 1. The van der Waals surface area contributed by atoms with Gasteiger partial charge in [0.15, 0.2) is 0 Å². The van der Waals surface area contributed by atoms with Crippen molar-refractivity contribution >= 4 is 34.3 Å². The van der Waals surface area contributed by atoms with E-state index < -0.39 is 0 Å². The molecule has 3 rings (SSSR count). The topological polar surface area (TPSA) is 80.3 Å². The van der Waals surface area contributed by atoms with E-state index in [1.165, 1.54) is 0 Å². The maximum Gasteiger partial charge on any atom is 0.253 e. The highest BCUT2D eigenvalue weighted by Crippen LogP contribution is 2.21. The summed E-state index contributed by atoms with van der Waals surface area (Å²) in [5.41, 5.74) is 2.41. The van der Waals surface area contributed by atoms with Crippen LogP contribution in [0.4, 0.5) is 0 Å². The summed E-state index contributed by atoms with van der Waals surface area (Å²) in [5.74, 6) is 0.264. The number of fused-ring (bicyclic) bond motifs is 1. The number of methoxy groups -OCH3 is 1. The second-order valence-electron chi connectivity index (χ2n) is 6.20. The summed E-state index contributed by atoms with van der Waals surface area (Å²) in [6.45, 7) is 2.40. The lowest BCUT2D eigenvalue weighted by atomic mass is 10.1. The molecule has 2 N–H and O–H groups in total. The van der Waals surface area contributed by atoms with E-state index in [4.69, 9.17) is 16.3 Å². The Labute approximate surface area is 167 Å². The number of benzene rings is 2. The Morgan fingerprint density at radius 1 is 1.00 bits per heavy atom. The maximum atomic E-state index is 12.5. The van der Waals surface area contributed by atoms with Gasteiger partial charge in [-0.25, -0.2) is 0 Å². The quantitative estimate of drug-likeness (QED) is 0.625. The van der Waals surface area contributed by atoms with Crippen molar-refractivity contribution in [3.05, 3.63) is 70.4 Å². The van der Waals surface area contributed by atoms with Gasteiger partial charge < -0.3 is 15.4 Å². The average molecular weight is 398 g/mol. The van der Waals surface area contributed by atoms with Crippen molar-refractivity contribution in [2.75, 3.05) is 20.2 Å². The molecule has 0 bridgehead atoms. The minimum Gasteiger partial charge on any atom is -0.497 e. The molecule has 0 saturated heterocycles. The van der Waals surface area contributed by atoms with Gasteiger partial charge in [0.25, 0.3) is 11.8 Å². The van der Waals surface area contributed by atoms with Crippen molar-refractivity contribution in [2.45, 2.75) is 6.92 Å². The standard InChI is InChI=1S/C21H20ClN3O3/c1-13-18(11-15-5-8-17(28-2)12-19(15)25-13)21(27)24-10-9-23-20(26)14-3-6-16(22)7-4-14/h3-8,11-12H,9-10H2,1-2H3,(H,23,26)(H,24,27). The van der Waals surface area contributed by atoms with E-state index in [1.54, 1.807) is 44.4 Å². The molecule has 0 aliphatic carbocycles. The first-order chi connectivity index (χ1) is 13.5. The van der Waals surface area contributed by atoms with Crippen LogP contribution < -0.4 is 15.4 Å². The Hall–Kier alpha value is -3.12. The predicted molar refractivity (Wildman–Crippen MR) is 109 cm³/mol. The first-order valence-corrected chi connectivity index (χ1v) is 9.13. The number of aryl methyl sites for hydroxylation is 1. The molecule has 0 spiro atoms. The van der Waals surface area contributed by atoms with Gasteiger partial charge in [-0.15, -0.1) is 0 Å². The molecule has 0 unspecified atom stereocenters. The Morgan fingerprint density at radius 2 is 1.68 bits per heavy atom. The molecule has 0 atom stereocenters. The zero-order valence-electron chi connectivity index (χ0n) is 15.6. The molecule has 3 aromatic rings. The maximum absolute atomic E-state index is 12.5. The third-order valence-electron chi connectivity index (χ3n) is 4.26. The van der Waals surface area contributed by atoms with Crippen molar-refractivity contribution < 1.29 is 14.3 Å². The lowest BCUT2D eigenvalue weighted by molar-refractivity contribution is 0.0927. The van der Waals surface area contributed by atoms with Crippen molar-refractivity contribution in [1.29, 1.82) is 0 Å². The van der Waals surface area contributed by atoms with Crippen LogP contribution in [0.3, 0.4) is 0 Å². The molecule has 0 saturated carbocycles. The number of nitrogens with one attached hydrogen (secondary N) is 2. The number of amides is 2. The molecule has 2 aromatic carbocycles. The Balaban J connectivity index is 1.58. The third-order valence-corrected chi connectivity index (χ3v) is 4.51. The number of aromatic nitrogens is 1. The predicted octanol–water partition coefficient (Wildman–Crippen LogP) is 3.37. The number of ether oxygens (including phenoxy) is 1. The summed E-state index contributed by atoms with van der Waals surface area (Å²) in [6, 6.07) is 13.9. The fourth-order valence-corrected chi connectivity index (χ4v) is 2.88. The van der Waals surface area contributed by atoms with E-state index in [0.717, 1.165) is 10.9 Å².